The molecule has 1 nitrogen and oxygen atoms in total. The number of hydrogen-bond acceptors (Lipinski definition) is 1. The van der Waals surface area contributed by atoms with Crippen LogP contribution in [0.1, 0.15) is 42.6 Å². The Bertz CT molecular complexity index is 531. The summed E-state index contributed by atoms with van der Waals surface area (Å²) in [6.45, 7) is 4.37. The molecule has 0 aliphatic heterocycles. The third-order valence-corrected chi connectivity index (χ3v) is 3.80. The fourth-order valence-electron chi connectivity index (χ4n) is 2.09. The van der Waals surface area contributed by atoms with Gasteiger partial charge in [0.15, 0.2) is 0 Å². The molecule has 1 N–H and O–H groups in total. The minimum Gasteiger partial charge on any atom is -0.388 e. The molecule has 0 aromatic heterocycles. The van der Waals surface area contributed by atoms with E-state index in [0.717, 1.165) is 15.6 Å². The SMILES string of the molecule is CC(C)c1ccc(CC(O)c2cccc(Br)c2)cc1. The summed E-state index contributed by atoms with van der Waals surface area (Å²) in [5.74, 6) is 0.545. The lowest BCUT2D eigenvalue weighted by Gasteiger charge is -2.12. The first-order valence-electron chi connectivity index (χ1n) is 6.58. The van der Waals surface area contributed by atoms with E-state index >= 15 is 0 Å². The first-order chi connectivity index (χ1) is 9.06. The zero-order valence-corrected chi connectivity index (χ0v) is 12.9. The Balaban J connectivity index is 2.08. The lowest BCUT2D eigenvalue weighted by atomic mass is 9.97. The second-order valence-corrected chi connectivity index (χ2v) is 6.09. The van der Waals surface area contributed by atoms with E-state index in [-0.39, 0.29) is 0 Å². The van der Waals surface area contributed by atoms with E-state index in [0.29, 0.717) is 12.3 Å². The number of halogens is 1. The molecule has 0 saturated heterocycles. The molecule has 0 aliphatic carbocycles. The van der Waals surface area contributed by atoms with Gasteiger partial charge in [0.25, 0.3) is 0 Å². The smallest absolute Gasteiger partial charge is 0.0830 e. The van der Waals surface area contributed by atoms with Crippen LogP contribution in [-0.4, -0.2) is 5.11 Å². The Morgan fingerprint density at radius 3 is 2.26 bits per heavy atom. The summed E-state index contributed by atoms with van der Waals surface area (Å²) in [5, 5.41) is 10.3. The van der Waals surface area contributed by atoms with Crippen LogP contribution in [0.5, 0.6) is 0 Å². The Hall–Kier alpha value is -1.12. The van der Waals surface area contributed by atoms with E-state index in [9.17, 15) is 5.11 Å². The zero-order chi connectivity index (χ0) is 13.8. The lowest BCUT2D eigenvalue weighted by Crippen LogP contribution is -2.02. The first-order valence-corrected chi connectivity index (χ1v) is 7.38. The number of aliphatic hydroxyl groups excluding tert-OH is 1. The van der Waals surface area contributed by atoms with Crippen molar-refractivity contribution in [3.63, 3.8) is 0 Å². The van der Waals surface area contributed by atoms with Crippen molar-refractivity contribution >= 4 is 15.9 Å². The maximum atomic E-state index is 10.3. The molecule has 0 spiro atoms. The molecular weight excluding hydrogens is 300 g/mol. The van der Waals surface area contributed by atoms with Gasteiger partial charge in [0.1, 0.15) is 0 Å². The van der Waals surface area contributed by atoms with Crippen molar-refractivity contribution in [2.75, 3.05) is 0 Å². The van der Waals surface area contributed by atoms with E-state index in [1.807, 2.05) is 24.3 Å². The maximum Gasteiger partial charge on any atom is 0.0830 e. The molecule has 0 radical (unpaired) electrons. The lowest BCUT2D eigenvalue weighted by molar-refractivity contribution is 0.178. The predicted octanol–water partition coefficient (Wildman–Crippen LogP) is 4.85. The van der Waals surface area contributed by atoms with Crippen molar-refractivity contribution in [1.29, 1.82) is 0 Å². The summed E-state index contributed by atoms with van der Waals surface area (Å²) in [7, 11) is 0. The van der Waals surface area contributed by atoms with Gasteiger partial charge in [-0.2, -0.15) is 0 Å². The largest absolute Gasteiger partial charge is 0.388 e. The van der Waals surface area contributed by atoms with Gasteiger partial charge in [0, 0.05) is 10.9 Å². The van der Waals surface area contributed by atoms with E-state index in [1.165, 1.54) is 5.56 Å². The van der Waals surface area contributed by atoms with Gasteiger partial charge in [-0.1, -0.05) is 66.2 Å². The van der Waals surface area contributed by atoms with Crippen LogP contribution in [0.15, 0.2) is 53.0 Å². The highest BCUT2D eigenvalue weighted by molar-refractivity contribution is 9.10. The second kappa shape index (κ2) is 6.36. The number of rotatable bonds is 4. The fourth-order valence-corrected chi connectivity index (χ4v) is 2.51. The van der Waals surface area contributed by atoms with Gasteiger partial charge in [-0.3, -0.25) is 0 Å². The topological polar surface area (TPSA) is 20.2 Å². The maximum absolute atomic E-state index is 10.3. The Morgan fingerprint density at radius 2 is 1.68 bits per heavy atom. The molecule has 0 amide bonds. The normalized spacial score (nSPS) is 12.7. The highest BCUT2D eigenvalue weighted by Crippen LogP contribution is 2.22. The van der Waals surface area contributed by atoms with Crippen LogP contribution < -0.4 is 0 Å². The van der Waals surface area contributed by atoms with Crippen molar-refractivity contribution in [1.82, 2.24) is 0 Å². The monoisotopic (exact) mass is 318 g/mol. The third kappa shape index (κ3) is 3.92. The molecule has 1 unspecified atom stereocenters. The van der Waals surface area contributed by atoms with Crippen LogP contribution in [0.3, 0.4) is 0 Å². The van der Waals surface area contributed by atoms with Crippen LogP contribution in [0.2, 0.25) is 0 Å². The van der Waals surface area contributed by atoms with Crippen LogP contribution in [-0.2, 0) is 6.42 Å². The number of aliphatic hydroxyl groups is 1. The van der Waals surface area contributed by atoms with Gasteiger partial charge in [-0.15, -0.1) is 0 Å². The molecule has 2 rings (SSSR count). The summed E-state index contributed by atoms with van der Waals surface area (Å²) >= 11 is 3.43. The van der Waals surface area contributed by atoms with Crippen molar-refractivity contribution < 1.29 is 5.11 Å². The van der Waals surface area contributed by atoms with Gasteiger partial charge in [-0.05, 0) is 34.7 Å². The number of benzene rings is 2. The van der Waals surface area contributed by atoms with Crippen LogP contribution >= 0.6 is 15.9 Å². The van der Waals surface area contributed by atoms with Crippen molar-refractivity contribution in [3.05, 3.63) is 69.7 Å². The minimum atomic E-state index is -0.456. The molecule has 1 atom stereocenters. The van der Waals surface area contributed by atoms with E-state index in [4.69, 9.17) is 0 Å². The highest BCUT2D eigenvalue weighted by Gasteiger charge is 2.09. The Kier molecular flexibility index (Phi) is 4.78. The van der Waals surface area contributed by atoms with Crippen molar-refractivity contribution in [2.45, 2.75) is 32.3 Å². The molecular formula is C17H19BrO. The van der Waals surface area contributed by atoms with Crippen molar-refractivity contribution in [3.8, 4) is 0 Å². The summed E-state index contributed by atoms with van der Waals surface area (Å²) in [6.07, 6.45) is 0.192. The zero-order valence-electron chi connectivity index (χ0n) is 11.3. The average Bonchev–Trinajstić information content (AvgIpc) is 2.39. The predicted molar refractivity (Wildman–Crippen MR) is 83.3 cm³/mol. The van der Waals surface area contributed by atoms with Gasteiger partial charge in [0.05, 0.1) is 6.10 Å². The van der Waals surface area contributed by atoms with Gasteiger partial charge in [0.2, 0.25) is 0 Å². The molecule has 0 bridgehead atoms. The quantitative estimate of drug-likeness (QED) is 0.854. The summed E-state index contributed by atoms with van der Waals surface area (Å²) in [5.41, 5.74) is 3.44. The molecule has 2 aromatic rings. The van der Waals surface area contributed by atoms with Crippen LogP contribution in [0, 0.1) is 0 Å². The highest BCUT2D eigenvalue weighted by atomic mass is 79.9. The summed E-state index contributed by atoms with van der Waals surface area (Å²) < 4.78 is 0.999. The van der Waals surface area contributed by atoms with E-state index in [1.54, 1.807) is 0 Å². The van der Waals surface area contributed by atoms with Gasteiger partial charge in [-0.25, -0.2) is 0 Å². The van der Waals surface area contributed by atoms with E-state index < -0.39 is 6.10 Å². The fraction of sp³-hybridized carbons (Fsp3) is 0.294. The Labute approximate surface area is 123 Å². The second-order valence-electron chi connectivity index (χ2n) is 5.17. The molecule has 0 saturated carbocycles. The van der Waals surface area contributed by atoms with Crippen LogP contribution in [0.25, 0.3) is 0 Å². The standard InChI is InChI=1S/C17H19BrO/c1-12(2)14-8-6-13(7-9-14)10-17(19)15-4-3-5-16(18)11-15/h3-9,11-12,17,19H,10H2,1-2H3. The van der Waals surface area contributed by atoms with Gasteiger partial charge >= 0.3 is 0 Å². The molecule has 0 aliphatic rings. The summed E-state index contributed by atoms with van der Waals surface area (Å²) in [4.78, 5) is 0. The van der Waals surface area contributed by atoms with E-state index in [2.05, 4.69) is 54.0 Å². The minimum absolute atomic E-state index is 0.456. The number of hydrogen-bond donors (Lipinski definition) is 1. The molecule has 100 valence electrons. The Morgan fingerprint density at radius 1 is 1.00 bits per heavy atom. The summed E-state index contributed by atoms with van der Waals surface area (Å²) in [6, 6.07) is 16.3. The first kappa shape index (κ1) is 14.3. The average molecular weight is 319 g/mol. The van der Waals surface area contributed by atoms with Crippen molar-refractivity contribution in [2.24, 2.45) is 0 Å². The van der Waals surface area contributed by atoms with Crippen LogP contribution in [0.4, 0.5) is 0 Å². The molecule has 0 fully saturated rings. The molecule has 19 heavy (non-hydrogen) atoms. The molecule has 2 aromatic carbocycles. The third-order valence-electron chi connectivity index (χ3n) is 3.31. The molecule has 0 heterocycles. The van der Waals surface area contributed by atoms with Gasteiger partial charge < -0.3 is 5.11 Å². The molecule has 2 heteroatoms.